The normalized spacial score (nSPS) is 10.8. The predicted octanol–water partition coefficient (Wildman–Crippen LogP) is 0.360. The molecule has 3 aromatic heterocycles. The van der Waals surface area contributed by atoms with Crippen molar-refractivity contribution in [3.05, 3.63) is 36.5 Å². The van der Waals surface area contributed by atoms with E-state index in [1.165, 1.54) is 0 Å². The average molecular weight is 258 g/mol. The van der Waals surface area contributed by atoms with Crippen LogP contribution in [0.25, 0.3) is 5.65 Å². The Morgan fingerprint density at radius 2 is 2.26 bits per heavy atom. The Morgan fingerprint density at radius 3 is 3.00 bits per heavy atom. The Morgan fingerprint density at radius 1 is 1.37 bits per heavy atom. The molecule has 4 N–H and O–H groups in total. The van der Waals surface area contributed by atoms with Gasteiger partial charge in [0.2, 0.25) is 0 Å². The van der Waals surface area contributed by atoms with Gasteiger partial charge in [0.1, 0.15) is 0 Å². The van der Waals surface area contributed by atoms with E-state index in [2.05, 4.69) is 25.8 Å². The third-order valence-electron chi connectivity index (χ3n) is 2.74. The largest absolute Gasteiger partial charge is 0.363 e. The molecule has 8 heteroatoms. The summed E-state index contributed by atoms with van der Waals surface area (Å²) in [6.45, 7) is 0.622. The highest BCUT2D eigenvalue weighted by Crippen LogP contribution is 2.16. The number of nitrogen functional groups attached to an aromatic ring is 1. The monoisotopic (exact) mass is 258 g/mol. The maximum Gasteiger partial charge on any atom is 0.180 e. The SMILES string of the molecule is Cn1cc(CNc2nc(NN)cn3ccnc23)cn1. The number of hydrogen-bond acceptors (Lipinski definition) is 6. The predicted molar refractivity (Wildman–Crippen MR) is 71.3 cm³/mol. The third kappa shape index (κ3) is 2.20. The summed E-state index contributed by atoms with van der Waals surface area (Å²) in [5.41, 5.74) is 4.36. The number of aryl methyl sites for hydroxylation is 1. The summed E-state index contributed by atoms with van der Waals surface area (Å²) in [5.74, 6) is 6.64. The van der Waals surface area contributed by atoms with E-state index in [-0.39, 0.29) is 0 Å². The minimum absolute atomic E-state index is 0.569. The van der Waals surface area contributed by atoms with Crippen LogP contribution in [0, 0.1) is 0 Å². The van der Waals surface area contributed by atoms with Crippen molar-refractivity contribution in [2.45, 2.75) is 6.54 Å². The molecule has 3 heterocycles. The number of nitrogens with one attached hydrogen (secondary N) is 2. The second-order valence-electron chi connectivity index (χ2n) is 4.15. The zero-order valence-electron chi connectivity index (χ0n) is 10.4. The highest BCUT2D eigenvalue weighted by Gasteiger charge is 2.07. The lowest BCUT2D eigenvalue weighted by Gasteiger charge is -2.08. The summed E-state index contributed by atoms with van der Waals surface area (Å²) < 4.78 is 3.61. The quantitative estimate of drug-likeness (QED) is 0.462. The van der Waals surface area contributed by atoms with Crippen LogP contribution in [-0.2, 0) is 13.6 Å². The first-order valence-electron chi connectivity index (χ1n) is 5.78. The smallest absolute Gasteiger partial charge is 0.180 e. The van der Waals surface area contributed by atoms with Gasteiger partial charge in [-0.05, 0) is 0 Å². The van der Waals surface area contributed by atoms with Crippen LogP contribution in [0.5, 0.6) is 0 Å². The van der Waals surface area contributed by atoms with Crippen LogP contribution in [0.2, 0.25) is 0 Å². The molecule has 0 atom stereocenters. The fourth-order valence-corrected chi connectivity index (χ4v) is 1.87. The second-order valence-corrected chi connectivity index (χ2v) is 4.15. The molecule has 0 radical (unpaired) electrons. The van der Waals surface area contributed by atoms with Gasteiger partial charge in [0.15, 0.2) is 17.3 Å². The van der Waals surface area contributed by atoms with Gasteiger partial charge < -0.3 is 15.1 Å². The molecule has 8 nitrogen and oxygen atoms in total. The molecular formula is C11H14N8. The van der Waals surface area contributed by atoms with Crippen molar-refractivity contribution in [1.82, 2.24) is 24.1 Å². The maximum atomic E-state index is 5.40. The lowest BCUT2D eigenvalue weighted by atomic mass is 10.3. The number of imidazole rings is 1. The van der Waals surface area contributed by atoms with Crippen molar-refractivity contribution in [3.8, 4) is 0 Å². The summed E-state index contributed by atoms with van der Waals surface area (Å²) in [6.07, 6.45) is 9.08. The third-order valence-corrected chi connectivity index (χ3v) is 2.74. The Kier molecular flexibility index (Phi) is 2.76. The number of nitrogens with zero attached hydrogens (tertiary/aromatic N) is 5. The van der Waals surface area contributed by atoms with Crippen molar-refractivity contribution in [1.29, 1.82) is 0 Å². The van der Waals surface area contributed by atoms with Gasteiger partial charge in [0.25, 0.3) is 0 Å². The summed E-state index contributed by atoms with van der Waals surface area (Å²) in [7, 11) is 1.88. The van der Waals surface area contributed by atoms with Gasteiger partial charge in [-0.3, -0.25) is 4.68 Å². The topological polar surface area (TPSA) is 98.1 Å². The number of nitrogens with two attached hydrogens (primary N) is 1. The molecule has 3 rings (SSSR count). The first kappa shape index (κ1) is 11.5. The minimum atomic E-state index is 0.569. The molecule has 0 aromatic carbocycles. The lowest BCUT2D eigenvalue weighted by Crippen LogP contribution is -2.12. The number of hydrazine groups is 1. The lowest BCUT2D eigenvalue weighted by molar-refractivity contribution is 0.767. The number of rotatable bonds is 4. The molecule has 19 heavy (non-hydrogen) atoms. The Balaban J connectivity index is 1.88. The van der Waals surface area contributed by atoms with Crippen LogP contribution in [-0.4, -0.2) is 24.1 Å². The molecule has 0 saturated heterocycles. The zero-order chi connectivity index (χ0) is 13.2. The molecule has 0 spiro atoms. The van der Waals surface area contributed by atoms with Crippen LogP contribution >= 0.6 is 0 Å². The first-order valence-corrected chi connectivity index (χ1v) is 5.78. The highest BCUT2D eigenvalue weighted by atomic mass is 15.3. The number of hydrogen-bond donors (Lipinski definition) is 3. The van der Waals surface area contributed by atoms with Gasteiger partial charge in [-0.15, -0.1) is 0 Å². The number of anilines is 2. The van der Waals surface area contributed by atoms with Crippen LogP contribution in [0.4, 0.5) is 11.6 Å². The molecule has 0 unspecified atom stereocenters. The molecule has 0 aliphatic rings. The van der Waals surface area contributed by atoms with Gasteiger partial charge in [-0.2, -0.15) is 5.10 Å². The molecule has 98 valence electrons. The highest BCUT2D eigenvalue weighted by molar-refractivity contribution is 5.65. The van der Waals surface area contributed by atoms with E-state index in [4.69, 9.17) is 5.84 Å². The van der Waals surface area contributed by atoms with E-state index in [0.717, 1.165) is 11.2 Å². The molecule has 3 aromatic rings. The van der Waals surface area contributed by atoms with Gasteiger partial charge in [0.05, 0.1) is 12.4 Å². The summed E-state index contributed by atoms with van der Waals surface area (Å²) in [5, 5.41) is 7.35. The van der Waals surface area contributed by atoms with Gasteiger partial charge in [0, 0.05) is 37.7 Å². The second kappa shape index (κ2) is 4.58. The van der Waals surface area contributed by atoms with Gasteiger partial charge in [-0.25, -0.2) is 15.8 Å². The maximum absolute atomic E-state index is 5.40. The Hall–Kier alpha value is -2.61. The average Bonchev–Trinajstić information content (AvgIpc) is 3.04. The first-order chi connectivity index (χ1) is 9.26. The molecular weight excluding hydrogens is 244 g/mol. The Labute approximate surface area is 109 Å². The Bertz CT molecular complexity index is 698. The van der Waals surface area contributed by atoms with Crippen LogP contribution in [0.15, 0.2) is 31.0 Å². The van der Waals surface area contributed by atoms with E-state index >= 15 is 0 Å². The van der Waals surface area contributed by atoms with Crippen molar-refractivity contribution in [2.75, 3.05) is 10.7 Å². The van der Waals surface area contributed by atoms with Crippen LogP contribution in [0.3, 0.4) is 0 Å². The van der Waals surface area contributed by atoms with Gasteiger partial charge in [-0.1, -0.05) is 0 Å². The van der Waals surface area contributed by atoms with E-state index in [1.807, 2.05) is 23.8 Å². The fourth-order valence-electron chi connectivity index (χ4n) is 1.87. The molecule has 0 fully saturated rings. The summed E-state index contributed by atoms with van der Waals surface area (Å²) in [6, 6.07) is 0. The van der Waals surface area contributed by atoms with Gasteiger partial charge >= 0.3 is 0 Å². The molecule has 0 aliphatic carbocycles. The van der Waals surface area contributed by atoms with Crippen molar-refractivity contribution in [3.63, 3.8) is 0 Å². The van der Waals surface area contributed by atoms with Crippen LogP contribution < -0.4 is 16.6 Å². The zero-order valence-corrected chi connectivity index (χ0v) is 10.4. The van der Waals surface area contributed by atoms with E-state index in [1.54, 1.807) is 23.3 Å². The number of fused-ring (bicyclic) bond motifs is 1. The molecule has 0 bridgehead atoms. The van der Waals surface area contributed by atoms with E-state index < -0.39 is 0 Å². The fraction of sp³-hybridized carbons (Fsp3) is 0.182. The standard InChI is InChI=1S/C11H14N8/c1-18-6-8(5-15-18)4-14-10-11-13-2-3-19(11)7-9(16-10)17-12/h2-3,5-7,17H,4,12H2,1H3,(H,14,16). The molecule has 0 aliphatic heterocycles. The van der Waals surface area contributed by atoms with Crippen molar-refractivity contribution < 1.29 is 0 Å². The summed E-state index contributed by atoms with van der Waals surface area (Å²) >= 11 is 0. The van der Waals surface area contributed by atoms with Crippen molar-refractivity contribution in [2.24, 2.45) is 12.9 Å². The minimum Gasteiger partial charge on any atom is -0.363 e. The molecule has 0 saturated carbocycles. The van der Waals surface area contributed by atoms with E-state index in [0.29, 0.717) is 18.2 Å². The number of aromatic nitrogens is 5. The van der Waals surface area contributed by atoms with E-state index in [9.17, 15) is 0 Å². The molecule has 0 amide bonds. The summed E-state index contributed by atoms with van der Waals surface area (Å²) in [4.78, 5) is 8.62. The van der Waals surface area contributed by atoms with Crippen LogP contribution in [0.1, 0.15) is 5.56 Å². The van der Waals surface area contributed by atoms with Crippen molar-refractivity contribution >= 4 is 17.3 Å².